The number of fused-ring (bicyclic) bond motifs is 3. The minimum absolute atomic E-state index is 0.205. The van der Waals surface area contributed by atoms with Crippen molar-refractivity contribution in [1.29, 1.82) is 0 Å². The molecule has 5 rings (SSSR count). The number of carbonyl (C=O) groups is 1. The van der Waals surface area contributed by atoms with E-state index in [0.29, 0.717) is 49.7 Å². The highest BCUT2D eigenvalue weighted by Gasteiger charge is 2.51. The maximum Gasteiger partial charge on any atom is 0.310 e. The van der Waals surface area contributed by atoms with E-state index in [1.54, 1.807) is 30.3 Å². The van der Waals surface area contributed by atoms with Crippen LogP contribution in [0.5, 0.6) is 11.5 Å². The standard InChI is InChI=1S/C20H12BrClO6/c21-11-6-16-15(26-17-5-10(20(24)25)19(17)28-16)4-9(11)14-7-13(23)8-2-1-3-12(22)18(8)27-14/h1-4,6-7,10,17,19H,5H2,(H,24,25)/t10-,17-,19?/m0/s1. The van der Waals surface area contributed by atoms with Crippen LogP contribution in [0.3, 0.4) is 0 Å². The van der Waals surface area contributed by atoms with Crippen molar-refractivity contribution in [3.05, 3.63) is 56.1 Å². The van der Waals surface area contributed by atoms with Crippen molar-refractivity contribution in [3.8, 4) is 22.8 Å². The summed E-state index contributed by atoms with van der Waals surface area (Å²) in [4.78, 5) is 23.7. The fourth-order valence-corrected chi connectivity index (χ4v) is 4.32. The number of halogens is 2. The molecule has 3 aromatic rings. The Labute approximate surface area is 171 Å². The first-order chi connectivity index (χ1) is 13.4. The zero-order chi connectivity index (χ0) is 19.6. The zero-order valence-corrected chi connectivity index (χ0v) is 16.5. The van der Waals surface area contributed by atoms with Crippen LogP contribution in [0.2, 0.25) is 5.02 Å². The molecule has 8 heteroatoms. The lowest BCUT2D eigenvalue weighted by Gasteiger charge is -2.45. The summed E-state index contributed by atoms with van der Waals surface area (Å²) in [6.07, 6.45) is -0.410. The van der Waals surface area contributed by atoms with Gasteiger partial charge in [-0.05, 0) is 40.2 Å². The van der Waals surface area contributed by atoms with E-state index >= 15 is 0 Å². The fourth-order valence-electron chi connectivity index (χ4n) is 3.59. The average molecular weight is 464 g/mol. The Kier molecular flexibility index (Phi) is 3.93. The third-order valence-corrected chi connectivity index (χ3v) is 6.07. The van der Waals surface area contributed by atoms with Crippen LogP contribution in [0, 0.1) is 5.92 Å². The van der Waals surface area contributed by atoms with Gasteiger partial charge in [0.1, 0.15) is 23.9 Å². The molecule has 0 saturated heterocycles. The molecule has 1 unspecified atom stereocenters. The van der Waals surface area contributed by atoms with Crippen molar-refractivity contribution in [2.24, 2.45) is 5.92 Å². The van der Waals surface area contributed by atoms with Crippen LogP contribution >= 0.6 is 27.5 Å². The first-order valence-electron chi connectivity index (χ1n) is 8.55. The highest BCUT2D eigenvalue weighted by Crippen LogP contribution is 2.47. The molecule has 2 aliphatic rings. The number of hydrogen-bond donors (Lipinski definition) is 1. The van der Waals surface area contributed by atoms with E-state index < -0.39 is 18.0 Å². The molecule has 1 aliphatic heterocycles. The Morgan fingerprint density at radius 2 is 1.96 bits per heavy atom. The average Bonchev–Trinajstić information content (AvgIpc) is 2.63. The summed E-state index contributed by atoms with van der Waals surface area (Å²) in [5.74, 6) is -0.201. The molecule has 0 radical (unpaired) electrons. The molecule has 2 aromatic carbocycles. The van der Waals surface area contributed by atoms with Crippen molar-refractivity contribution in [2.75, 3.05) is 0 Å². The van der Waals surface area contributed by atoms with E-state index in [-0.39, 0.29) is 11.5 Å². The van der Waals surface area contributed by atoms with Crippen LogP contribution in [-0.2, 0) is 4.79 Å². The molecule has 0 amide bonds. The summed E-state index contributed by atoms with van der Waals surface area (Å²) in [7, 11) is 0. The Hall–Kier alpha value is -2.51. The quantitative estimate of drug-likeness (QED) is 0.603. The summed E-state index contributed by atoms with van der Waals surface area (Å²) in [5, 5.41) is 9.96. The minimum atomic E-state index is -0.890. The summed E-state index contributed by atoms with van der Waals surface area (Å²) >= 11 is 9.66. The van der Waals surface area contributed by atoms with Gasteiger partial charge >= 0.3 is 5.97 Å². The van der Waals surface area contributed by atoms with E-state index in [4.69, 9.17) is 25.5 Å². The molecule has 142 valence electrons. The van der Waals surface area contributed by atoms with Crippen LogP contribution in [0.25, 0.3) is 22.3 Å². The fraction of sp³-hybridized carbons (Fsp3) is 0.200. The molecule has 0 spiro atoms. The summed E-state index contributed by atoms with van der Waals surface area (Å²) in [6.45, 7) is 0. The van der Waals surface area contributed by atoms with Crippen molar-refractivity contribution in [1.82, 2.24) is 0 Å². The van der Waals surface area contributed by atoms with Gasteiger partial charge in [0.2, 0.25) is 0 Å². The number of rotatable bonds is 2. The second-order valence-corrected chi connectivity index (χ2v) is 8.05. The van der Waals surface area contributed by atoms with Gasteiger partial charge in [-0.1, -0.05) is 17.7 Å². The Balaban J connectivity index is 1.59. The molecular formula is C20H12BrClO6. The lowest BCUT2D eigenvalue weighted by atomic mass is 9.78. The topological polar surface area (TPSA) is 86.0 Å². The van der Waals surface area contributed by atoms with E-state index in [0.717, 1.165) is 0 Å². The molecule has 1 saturated carbocycles. The first-order valence-corrected chi connectivity index (χ1v) is 9.72. The van der Waals surface area contributed by atoms with E-state index in [2.05, 4.69) is 15.9 Å². The molecular weight excluding hydrogens is 452 g/mol. The molecule has 28 heavy (non-hydrogen) atoms. The van der Waals surface area contributed by atoms with E-state index in [1.807, 2.05) is 0 Å². The maximum absolute atomic E-state index is 12.5. The molecule has 2 heterocycles. The van der Waals surface area contributed by atoms with Gasteiger partial charge in [-0.15, -0.1) is 0 Å². The summed E-state index contributed by atoms with van der Waals surface area (Å²) < 4.78 is 18.3. The molecule has 1 aromatic heterocycles. The third-order valence-electron chi connectivity index (χ3n) is 5.11. The molecule has 6 nitrogen and oxygen atoms in total. The maximum atomic E-state index is 12.5. The van der Waals surface area contributed by atoms with Gasteiger partial charge in [-0.2, -0.15) is 0 Å². The SMILES string of the molecule is O=C(O)[C@H]1C[C@@H]2Oc3cc(-c4cc(=O)c5cccc(Cl)c5o4)c(Br)cc3OC21. The van der Waals surface area contributed by atoms with Gasteiger partial charge in [0.05, 0.1) is 10.4 Å². The van der Waals surface area contributed by atoms with Crippen molar-refractivity contribution >= 4 is 44.5 Å². The highest BCUT2D eigenvalue weighted by atomic mass is 79.9. The molecule has 1 fully saturated rings. The predicted octanol–water partition coefficient (Wildman–Crippen LogP) is 4.49. The summed E-state index contributed by atoms with van der Waals surface area (Å²) in [5.41, 5.74) is 0.717. The minimum Gasteiger partial charge on any atom is -0.483 e. The second kappa shape index (κ2) is 6.25. The second-order valence-electron chi connectivity index (χ2n) is 6.79. The zero-order valence-electron chi connectivity index (χ0n) is 14.1. The number of para-hydroxylation sites is 1. The monoisotopic (exact) mass is 462 g/mol. The van der Waals surface area contributed by atoms with Crippen molar-refractivity contribution in [3.63, 3.8) is 0 Å². The van der Waals surface area contributed by atoms with Gasteiger partial charge in [-0.25, -0.2) is 0 Å². The van der Waals surface area contributed by atoms with Gasteiger partial charge in [0, 0.05) is 22.5 Å². The number of ether oxygens (including phenoxy) is 2. The number of carboxylic acids is 1. The van der Waals surface area contributed by atoms with Crippen LogP contribution in [0.1, 0.15) is 6.42 Å². The largest absolute Gasteiger partial charge is 0.483 e. The summed E-state index contributed by atoms with van der Waals surface area (Å²) in [6, 6.07) is 9.82. The van der Waals surface area contributed by atoms with Gasteiger partial charge in [0.25, 0.3) is 0 Å². The Morgan fingerprint density at radius 1 is 1.18 bits per heavy atom. The normalized spacial score (nSPS) is 22.4. The lowest BCUT2D eigenvalue weighted by Crippen LogP contribution is -2.58. The van der Waals surface area contributed by atoms with E-state index in [9.17, 15) is 14.7 Å². The Morgan fingerprint density at radius 3 is 2.75 bits per heavy atom. The van der Waals surface area contributed by atoms with Crippen LogP contribution in [0.4, 0.5) is 0 Å². The number of aliphatic carboxylic acids is 1. The predicted molar refractivity (Wildman–Crippen MR) is 105 cm³/mol. The lowest BCUT2D eigenvalue weighted by molar-refractivity contribution is -0.163. The van der Waals surface area contributed by atoms with Crippen LogP contribution < -0.4 is 14.9 Å². The first kappa shape index (κ1) is 17.6. The molecule has 3 atom stereocenters. The Bertz CT molecular complexity index is 1200. The number of carboxylic acid groups (broad SMARTS) is 1. The van der Waals surface area contributed by atoms with Gasteiger partial charge in [0.15, 0.2) is 22.5 Å². The van der Waals surface area contributed by atoms with Crippen LogP contribution in [-0.4, -0.2) is 23.3 Å². The van der Waals surface area contributed by atoms with E-state index in [1.165, 1.54) is 6.07 Å². The number of benzene rings is 2. The van der Waals surface area contributed by atoms with Gasteiger partial charge < -0.3 is 19.0 Å². The van der Waals surface area contributed by atoms with Crippen LogP contribution in [0.15, 0.2) is 50.1 Å². The smallest absolute Gasteiger partial charge is 0.310 e. The van der Waals surface area contributed by atoms with Crippen molar-refractivity contribution in [2.45, 2.75) is 18.6 Å². The number of hydrogen-bond acceptors (Lipinski definition) is 5. The third kappa shape index (κ3) is 2.61. The van der Waals surface area contributed by atoms with Crippen molar-refractivity contribution < 1.29 is 23.8 Å². The van der Waals surface area contributed by atoms with Gasteiger partial charge in [-0.3, -0.25) is 9.59 Å². The molecule has 1 aliphatic carbocycles. The highest BCUT2D eigenvalue weighted by molar-refractivity contribution is 9.10. The molecule has 1 N–H and O–H groups in total. The molecule has 0 bridgehead atoms.